The molecule has 3 atom stereocenters. The van der Waals surface area contributed by atoms with Gasteiger partial charge in [0.25, 0.3) is 0 Å². The van der Waals surface area contributed by atoms with Gasteiger partial charge >= 0.3 is 6.09 Å². The fourth-order valence-electron chi connectivity index (χ4n) is 2.30. The molecule has 0 aromatic rings. The molecule has 1 aliphatic rings. The maximum absolute atomic E-state index is 13.8. The largest absolute Gasteiger partial charge is 0.465 e. The summed E-state index contributed by atoms with van der Waals surface area (Å²) < 4.78 is 13.8. The highest BCUT2D eigenvalue weighted by atomic mass is 19.1. The van der Waals surface area contributed by atoms with Gasteiger partial charge in [-0.1, -0.05) is 0 Å². The number of carbonyl (C=O) groups is 1. The SMILES string of the molecule is CC(C)(C)N(C(=O)O)[C@H]1CC[C@H](O)C[C@H]1F. The molecule has 0 unspecified atom stereocenters. The molecule has 0 radical (unpaired) electrons. The lowest BCUT2D eigenvalue weighted by molar-refractivity contribution is -0.0127. The predicted molar refractivity (Wildman–Crippen MR) is 58.2 cm³/mol. The van der Waals surface area contributed by atoms with Gasteiger partial charge in [-0.15, -0.1) is 0 Å². The number of nitrogens with zero attached hydrogens (tertiary/aromatic N) is 1. The van der Waals surface area contributed by atoms with Gasteiger partial charge in [-0.2, -0.15) is 0 Å². The summed E-state index contributed by atoms with van der Waals surface area (Å²) in [5, 5.41) is 18.5. The highest BCUT2D eigenvalue weighted by Crippen LogP contribution is 2.30. The summed E-state index contributed by atoms with van der Waals surface area (Å²) in [5.74, 6) is 0. The lowest BCUT2D eigenvalue weighted by Gasteiger charge is -2.43. The zero-order valence-corrected chi connectivity index (χ0v) is 9.98. The maximum Gasteiger partial charge on any atom is 0.408 e. The zero-order chi connectivity index (χ0) is 12.5. The third-order valence-electron chi connectivity index (χ3n) is 2.97. The summed E-state index contributed by atoms with van der Waals surface area (Å²) in [5.41, 5.74) is -0.622. The molecule has 0 bridgehead atoms. The molecule has 0 aromatic heterocycles. The molecule has 16 heavy (non-hydrogen) atoms. The van der Waals surface area contributed by atoms with E-state index in [0.29, 0.717) is 12.8 Å². The number of hydrogen-bond donors (Lipinski definition) is 2. The molecule has 4 nitrogen and oxygen atoms in total. The van der Waals surface area contributed by atoms with Crippen LogP contribution in [-0.2, 0) is 0 Å². The van der Waals surface area contributed by atoms with E-state index in [-0.39, 0.29) is 6.42 Å². The lowest BCUT2D eigenvalue weighted by atomic mass is 9.88. The van der Waals surface area contributed by atoms with Crippen molar-refractivity contribution >= 4 is 6.09 Å². The molecule has 5 heteroatoms. The Labute approximate surface area is 95.1 Å². The normalized spacial score (nSPS) is 31.2. The Bertz CT molecular complexity index is 264. The summed E-state index contributed by atoms with van der Waals surface area (Å²) in [7, 11) is 0. The van der Waals surface area contributed by atoms with Crippen LogP contribution in [0.3, 0.4) is 0 Å². The third-order valence-corrected chi connectivity index (χ3v) is 2.97. The first kappa shape index (κ1) is 13.2. The molecule has 1 saturated carbocycles. The van der Waals surface area contributed by atoms with Crippen molar-refractivity contribution in [3.05, 3.63) is 0 Å². The average molecular weight is 233 g/mol. The summed E-state index contributed by atoms with van der Waals surface area (Å²) >= 11 is 0. The number of halogens is 1. The fourth-order valence-corrected chi connectivity index (χ4v) is 2.30. The quantitative estimate of drug-likeness (QED) is 0.728. The molecule has 94 valence electrons. The zero-order valence-electron chi connectivity index (χ0n) is 9.98. The Morgan fingerprint density at radius 2 is 1.94 bits per heavy atom. The monoisotopic (exact) mass is 233 g/mol. The van der Waals surface area contributed by atoms with Crippen molar-refractivity contribution < 1.29 is 19.4 Å². The van der Waals surface area contributed by atoms with Gasteiger partial charge in [0, 0.05) is 12.0 Å². The molecular weight excluding hydrogens is 213 g/mol. The van der Waals surface area contributed by atoms with Crippen LogP contribution < -0.4 is 0 Å². The van der Waals surface area contributed by atoms with Gasteiger partial charge in [0.15, 0.2) is 0 Å². The standard InChI is InChI=1S/C11H20FNO3/c1-11(2,3)13(10(15)16)9-5-4-7(14)6-8(9)12/h7-9,14H,4-6H2,1-3H3,(H,15,16)/t7-,8+,9-/m0/s1. The second kappa shape index (κ2) is 4.57. The smallest absolute Gasteiger partial charge is 0.408 e. The fraction of sp³-hybridized carbons (Fsp3) is 0.909. The van der Waals surface area contributed by atoms with Crippen molar-refractivity contribution in [1.82, 2.24) is 4.90 Å². The Morgan fingerprint density at radius 3 is 2.31 bits per heavy atom. The molecule has 1 aliphatic carbocycles. The van der Waals surface area contributed by atoms with Gasteiger partial charge in [-0.25, -0.2) is 9.18 Å². The van der Waals surface area contributed by atoms with E-state index in [4.69, 9.17) is 5.11 Å². The van der Waals surface area contributed by atoms with E-state index in [1.165, 1.54) is 4.90 Å². The summed E-state index contributed by atoms with van der Waals surface area (Å²) in [6.45, 7) is 5.25. The molecule has 0 spiro atoms. The van der Waals surface area contributed by atoms with E-state index in [1.807, 2.05) is 0 Å². The molecule has 1 amide bonds. The second-order valence-corrected chi connectivity index (χ2v) is 5.37. The summed E-state index contributed by atoms with van der Waals surface area (Å²) in [6, 6.07) is -0.638. The van der Waals surface area contributed by atoms with Crippen LogP contribution >= 0.6 is 0 Å². The van der Waals surface area contributed by atoms with E-state index >= 15 is 0 Å². The van der Waals surface area contributed by atoms with Crippen LogP contribution in [0, 0.1) is 0 Å². The highest BCUT2D eigenvalue weighted by Gasteiger charge is 2.40. The van der Waals surface area contributed by atoms with Crippen molar-refractivity contribution in [3.63, 3.8) is 0 Å². The van der Waals surface area contributed by atoms with Gasteiger partial charge in [0.05, 0.1) is 12.1 Å². The Hall–Kier alpha value is -0.840. The minimum atomic E-state index is -1.28. The van der Waals surface area contributed by atoms with Crippen molar-refractivity contribution in [2.45, 2.75) is 63.9 Å². The maximum atomic E-state index is 13.8. The van der Waals surface area contributed by atoms with Crippen molar-refractivity contribution in [2.75, 3.05) is 0 Å². The van der Waals surface area contributed by atoms with Crippen LogP contribution in [0.1, 0.15) is 40.0 Å². The van der Waals surface area contributed by atoms with Crippen molar-refractivity contribution in [1.29, 1.82) is 0 Å². The first-order valence-corrected chi connectivity index (χ1v) is 5.58. The minimum absolute atomic E-state index is 0.0323. The number of aliphatic hydroxyl groups is 1. The predicted octanol–water partition coefficient (Wildman–Crippen LogP) is 2.02. The van der Waals surface area contributed by atoms with E-state index in [2.05, 4.69) is 0 Å². The van der Waals surface area contributed by atoms with Gasteiger partial charge in [-0.3, -0.25) is 4.90 Å². The summed E-state index contributed by atoms with van der Waals surface area (Å²) in [4.78, 5) is 12.3. The average Bonchev–Trinajstić information content (AvgIpc) is 2.06. The highest BCUT2D eigenvalue weighted by molar-refractivity contribution is 5.66. The lowest BCUT2D eigenvalue weighted by Crippen LogP contribution is -2.56. The second-order valence-electron chi connectivity index (χ2n) is 5.37. The van der Waals surface area contributed by atoms with Gasteiger partial charge in [0.1, 0.15) is 6.17 Å². The van der Waals surface area contributed by atoms with Crippen LogP contribution in [-0.4, -0.2) is 45.1 Å². The van der Waals surface area contributed by atoms with Crippen LogP contribution in [0.25, 0.3) is 0 Å². The van der Waals surface area contributed by atoms with Crippen LogP contribution in [0.5, 0.6) is 0 Å². The molecule has 0 saturated heterocycles. The number of aliphatic hydroxyl groups excluding tert-OH is 1. The molecule has 0 aliphatic heterocycles. The number of amides is 1. The Morgan fingerprint density at radius 1 is 1.38 bits per heavy atom. The number of alkyl halides is 1. The number of hydrogen-bond acceptors (Lipinski definition) is 2. The molecular formula is C11H20FNO3. The van der Waals surface area contributed by atoms with Gasteiger partial charge < -0.3 is 10.2 Å². The van der Waals surface area contributed by atoms with Gasteiger partial charge in [-0.05, 0) is 33.6 Å². The van der Waals surface area contributed by atoms with Crippen LogP contribution in [0.2, 0.25) is 0 Å². The van der Waals surface area contributed by atoms with Crippen molar-refractivity contribution in [2.24, 2.45) is 0 Å². The molecule has 1 fully saturated rings. The first-order valence-electron chi connectivity index (χ1n) is 5.58. The van der Waals surface area contributed by atoms with E-state index in [1.54, 1.807) is 20.8 Å². The Kier molecular flexibility index (Phi) is 3.78. The molecule has 0 aromatic carbocycles. The van der Waals surface area contributed by atoms with E-state index in [0.717, 1.165) is 0 Å². The number of rotatable bonds is 1. The van der Waals surface area contributed by atoms with E-state index < -0.39 is 29.9 Å². The van der Waals surface area contributed by atoms with Gasteiger partial charge in [0.2, 0.25) is 0 Å². The molecule has 2 N–H and O–H groups in total. The first-order chi connectivity index (χ1) is 7.23. The molecule has 1 rings (SSSR count). The third kappa shape index (κ3) is 2.84. The van der Waals surface area contributed by atoms with E-state index in [9.17, 15) is 14.3 Å². The Balaban J connectivity index is 2.83. The minimum Gasteiger partial charge on any atom is -0.465 e. The van der Waals surface area contributed by atoms with Crippen LogP contribution in [0.15, 0.2) is 0 Å². The van der Waals surface area contributed by atoms with Crippen LogP contribution in [0.4, 0.5) is 9.18 Å². The topological polar surface area (TPSA) is 60.8 Å². The molecule has 0 heterocycles. The van der Waals surface area contributed by atoms with Crippen molar-refractivity contribution in [3.8, 4) is 0 Å². The summed E-state index contributed by atoms with van der Waals surface area (Å²) in [6.07, 6.45) is -2.14. The number of carboxylic acid groups (broad SMARTS) is 1.